The number of benzene rings is 2. The number of nitrogens with zero attached hydrogens (tertiary/aromatic N) is 1. The summed E-state index contributed by atoms with van der Waals surface area (Å²) in [6.07, 6.45) is -0.161. The molecule has 2 aromatic rings. The van der Waals surface area contributed by atoms with Crippen LogP contribution in [0.25, 0.3) is 0 Å². The largest absolute Gasteiger partial charge is 0.493 e. The minimum Gasteiger partial charge on any atom is -0.493 e. The molecule has 13 heteroatoms. The minimum absolute atomic E-state index is 0.00531. The molecular formula is C23H25N3O9S. The lowest BCUT2D eigenvalue weighted by Gasteiger charge is -2.27. The van der Waals surface area contributed by atoms with E-state index in [1.165, 1.54) is 31.4 Å². The second kappa shape index (κ2) is 10.6. The summed E-state index contributed by atoms with van der Waals surface area (Å²) in [7, 11) is -2.23. The maximum Gasteiger partial charge on any atom is 0.405 e. The van der Waals surface area contributed by atoms with Crippen LogP contribution in [0.5, 0.6) is 11.5 Å². The average Bonchev–Trinajstić information content (AvgIpc) is 3.06. The van der Waals surface area contributed by atoms with Crippen molar-refractivity contribution in [3.8, 4) is 11.5 Å². The van der Waals surface area contributed by atoms with Crippen molar-refractivity contribution in [1.29, 1.82) is 0 Å². The van der Waals surface area contributed by atoms with Crippen LogP contribution in [0.2, 0.25) is 0 Å². The lowest BCUT2D eigenvalue weighted by atomic mass is 10.1. The zero-order valence-electron chi connectivity index (χ0n) is 19.8. The Kier molecular flexibility index (Phi) is 7.83. The quantitative estimate of drug-likeness (QED) is 0.441. The highest BCUT2D eigenvalue weighted by Gasteiger charge is 2.43. The highest BCUT2D eigenvalue weighted by Crippen LogP contribution is 2.38. The van der Waals surface area contributed by atoms with Crippen molar-refractivity contribution < 1.29 is 41.8 Å². The summed E-state index contributed by atoms with van der Waals surface area (Å²) in [4.78, 5) is 50.6. The van der Waals surface area contributed by atoms with Gasteiger partial charge in [-0.05, 0) is 36.8 Å². The van der Waals surface area contributed by atoms with Gasteiger partial charge in [0.2, 0.25) is 0 Å². The van der Waals surface area contributed by atoms with Crippen molar-refractivity contribution in [2.45, 2.75) is 13.0 Å². The van der Waals surface area contributed by atoms with Crippen LogP contribution in [0.3, 0.4) is 0 Å². The number of rotatable bonds is 10. The molecule has 0 aromatic heterocycles. The van der Waals surface area contributed by atoms with E-state index in [1.807, 2.05) is 0 Å². The molecule has 0 aliphatic carbocycles. The fraction of sp³-hybridized carbons (Fsp3) is 0.304. The molecule has 0 fully saturated rings. The van der Waals surface area contributed by atoms with Gasteiger partial charge in [-0.1, -0.05) is 12.1 Å². The van der Waals surface area contributed by atoms with Gasteiger partial charge in [0.1, 0.15) is 9.84 Å². The number of primary amides is 1. The first-order valence-corrected chi connectivity index (χ1v) is 12.7. The van der Waals surface area contributed by atoms with Crippen LogP contribution in [-0.2, 0) is 19.4 Å². The number of methoxy groups -OCH3 is 1. The van der Waals surface area contributed by atoms with E-state index in [4.69, 9.17) is 15.2 Å². The second-order valence-electron chi connectivity index (χ2n) is 7.82. The number of fused-ring (bicyclic) bond motifs is 1. The monoisotopic (exact) mass is 519 g/mol. The topological polar surface area (TPSA) is 171 Å². The van der Waals surface area contributed by atoms with Crippen LogP contribution in [0.15, 0.2) is 36.4 Å². The predicted octanol–water partition coefficient (Wildman–Crippen LogP) is 1.51. The minimum atomic E-state index is -3.68. The average molecular weight is 520 g/mol. The highest BCUT2D eigenvalue weighted by atomic mass is 32.2. The molecule has 3 rings (SSSR count). The molecule has 0 unspecified atom stereocenters. The molecule has 1 aliphatic rings. The maximum absolute atomic E-state index is 13.5. The van der Waals surface area contributed by atoms with Gasteiger partial charge in [0.25, 0.3) is 17.7 Å². The molecule has 2 aromatic carbocycles. The highest BCUT2D eigenvalue weighted by molar-refractivity contribution is 7.90. The summed E-state index contributed by atoms with van der Waals surface area (Å²) in [5.74, 6) is -2.17. The maximum atomic E-state index is 13.5. The first kappa shape index (κ1) is 26.5. The molecular weight excluding hydrogens is 494 g/mol. The van der Waals surface area contributed by atoms with Gasteiger partial charge in [0.05, 0.1) is 42.3 Å². The molecule has 3 N–H and O–H groups in total. The van der Waals surface area contributed by atoms with Crippen molar-refractivity contribution in [3.05, 3.63) is 53.1 Å². The lowest BCUT2D eigenvalue weighted by Crippen LogP contribution is -2.37. The number of carbonyl (C=O) groups excluding carboxylic acids is 4. The van der Waals surface area contributed by atoms with Crippen LogP contribution < -0.4 is 20.5 Å². The van der Waals surface area contributed by atoms with E-state index in [0.717, 1.165) is 11.2 Å². The van der Waals surface area contributed by atoms with Crippen LogP contribution in [0, 0.1) is 0 Å². The SMILES string of the molecule is CCOc1cc([C@@H](CS(C)(=O)=O)N2C(=O)c3cccc(NC(=O)COC(N)=O)c3C2=O)ccc1OC. The summed E-state index contributed by atoms with van der Waals surface area (Å²) >= 11 is 0. The number of sulfone groups is 1. The van der Waals surface area contributed by atoms with E-state index < -0.39 is 52.1 Å². The summed E-state index contributed by atoms with van der Waals surface area (Å²) in [6.45, 7) is 1.36. The van der Waals surface area contributed by atoms with Crippen LogP contribution in [0.4, 0.5) is 10.5 Å². The molecule has 36 heavy (non-hydrogen) atoms. The zero-order valence-corrected chi connectivity index (χ0v) is 20.6. The standard InChI is InChI=1S/C23H25N3O9S/c1-4-34-18-10-13(8-9-17(18)33-2)16(12-36(3,31)32)26-21(28)14-6-5-7-15(20(14)22(26)29)25-19(27)11-35-23(24)30/h5-10,16H,4,11-12H2,1-3H3,(H2,24,30)(H,25,27)/t16-/m1/s1. The van der Waals surface area contributed by atoms with Gasteiger partial charge in [-0.2, -0.15) is 0 Å². The van der Waals surface area contributed by atoms with Crippen molar-refractivity contribution >= 4 is 39.3 Å². The fourth-order valence-electron chi connectivity index (χ4n) is 3.79. The van der Waals surface area contributed by atoms with E-state index in [0.29, 0.717) is 23.7 Å². The van der Waals surface area contributed by atoms with Crippen molar-refractivity contribution in [1.82, 2.24) is 4.90 Å². The van der Waals surface area contributed by atoms with Crippen molar-refractivity contribution in [2.24, 2.45) is 5.73 Å². The van der Waals surface area contributed by atoms with Gasteiger partial charge in [-0.3, -0.25) is 19.3 Å². The Morgan fingerprint density at radius 3 is 2.44 bits per heavy atom. The third kappa shape index (κ3) is 5.74. The molecule has 0 saturated heterocycles. The number of anilines is 1. The van der Waals surface area contributed by atoms with Gasteiger partial charge in [-0.15, -0.1) is 0 Å². The Hall–Kier alpha value is -4.13. The Balaban J connectivity index is 2.04. The molecule has 12 nitrogen and oxygen atoms in total. The molecule has 1 atom stereocenters. The molecule has 4 amide bonds. The van der Waals surface area contributed by atoms with Gasteiger partial charge < -0.3 is 25.3 Å². The summed E-state index contributed by atoms with van der Waals surface area (Å²) < 4.78 is 39.9. The molecule has 192 valence electrons. The summed E-state index contributed by atoms with van der Waals surface area (Å²) in [5, 5.41) is 2.41. The van der Waals surface area contributed by atoms with Crippen LogP contribution in [-0.4, -0.2) is 69.5 Å². The van der Waals surface area contributed by atoms with Crippen molar-refractivity contribution in [2.75, 3.05) is 37.6 Å². The van der Waals surface area contributed by atoms with Crippen molar-refractivity contribution in [3.63, 3.8) is 0 Å². The Bertz CT molecular complexity index is 1320. The molecule has 0 spiro atoms. The van der Waals surface area contributed by atoms with Gasteiger partial charge >= 0.3 is 6.09 Å². The Labute approximate surface area is 207 Å². The number of carbonyl (C=O) groups is 4. The number of nitrogens with two attached hydrogens (primary N) is 1. The number of ether oxygens (including phenoxy) is 3. The Morgan fingerprint density at radius 2 is 1.83 bits per heavy atom. The normalized spacial score (nSPS) is 13.7. The van der Waals surface area contributed by atoms with Gasteiger partial charge in [0, 0.05) is 6.26 Å². The summed E-state index contributed by atoms with van der Waals surface area (Å²) in [6, 6.07) is 7.65. The molecule has 0 bridgehead atoms. The summed E-state index contributed by atoms with van der Waals surface area (Å²) in [5.41, 5.74) is 5.04. The number of hydrogen-bond donors (Lipinski definition) is 2. The number of imide groups is 1. The van der Waals surface area contributed by atoms with Crippen LogP contribution in [0.1, 0.15) is 39.2 Å². The van der Waals surface area contributed by atoms with Gasteiger partial charge in [-0.25, -0.2) is 13.2 Å². The molecule has 1 heterocycles. The predicted molar refractivity (Wildman–Crippen MR) is 128 cm³/mol. The fourth-order valence-corrected chi connectivity index (χ4v) is 4.70. The van der Waals surface area contributed by atoms with E-state index >= 15 is 0 Å². The first-order valence-electron chi connectivity index (χ1n) is 10.7. The Morgan fingerprint density at radius 1 is 1.11 bits per heavy atom. The smallest absolute Gasteiger partial charge is 0.405 e. The van der Waals surface area contributed by atoms with E-state index in [1.54, 1.807) is 19.1 Å². The van der Waals surface area contributed by atoms with Gasteiger partial charge in [0.15, 0.2) is 18.1 Å². The third-order valence-electron chi connectivity index (χ3n) is 5.21. The molecule has 1 aliphatic heterocycles. The second-order valence-corrected chi connectivity index (χ2v) is 10.0. The van der Waals surface area contributed by atoms with Crippen LogP contribution >= 0.6 is 0 Å². The van der Waals surface area contributed by atoms with E-state index in [9.17, 15) is 27.6 Å². The molecule has 0 saturated carbocycles. The molecule has 0 radical (unpaired) electrons. The number of amides is 4. The van der Waals surface area contributed by atoms with E-state index in [2.05, 4.69) is 10.1 Å². The number of hydrogen-bond acceptors (Lipinski definition) is 9. The first-order chi connectivity index (χ1) is 17.0. The third-order valence-corrected chi connectivity index (χ3v) is 6.13. The zero-order chi connectivity index (χ0) is 26.6. The number of nitrogens with one attached hydrogen (secondary N) is 1. The lowest BCUT2D eigenvalue weighted by molar-refractivity contribution is -0.118. The van der Waals surface area contributed by atoms with E-state index in [-0.39, 0.29) is 16.8 Å².